The van der Waals surface area contributed by atoms with Crippen LogP contribution in [0.25, 0.3) is 16.6 Å². The summed E-state index contributed by atoms with van der Waals surface area (Å²) < 4.78 is 48.7. The van der Waals surface area contributed by atoms with Gasteiger partial charge in [0.15, 0.2) is 0 Å². The Morgan fingerprint density at radius 2 is 2.12 bits per heavy atom. The molecule has 1 amide bonds. The number of nitrogens with two attached hydrogens (primary N) is 1. The number of anilines is 1. The molecule has 2 aromatic heterocycles. The van der Waals surface area contributed by atoms with Gasteiger partial charge < -0.3 is 20.1 Å². The number of nitriles is 1. The molecule has 172 valence electrons. The lowest BCUT2D eigenvalue weighted by Crippen LogP contribution is -2.32. The molecule has 0 saturated heterocycles. The van der Waals surface area contributed by atoms with Crippen molar-refractivity contribution in [3.05, 3.63) is 59.5 Å². The van der Waals surface area contributed by atoms with Crippen LogP contribution in [0.4, 0.5) is 19.0 Å². The fourth-order valence-corrected chi connectivity index (χ4v) is 4.01. The first-order valence-electron chi connectivity index (χ1n) is 9.91. The standard InChI is InChI=1S/C22H15F3N6O3/c1-30(18-9-33-19-5-12(2-3-13(18)19)34-22(23,24)25)21(32)14-6-16-15(4-11(14)7-26)29-20(27)17-8-28-10-31(16)17/h2-6,8,10,18H,9H2,1H3,(H2,27,29)/t18-/m1/s1. The summed E-state index contributed by atoms with van der Waals surface area (Å²) in [7, 11) is 1.53. The minimum atomic E-state index is -4.83. The number of halogens is 3. The van der Waals surface area contributed by atoms with Crippen molar-refractivity contribution in [3.8, 4) is 17.6 Å². The zero-order valence-electron chi connectivity index (χ0n) is 17.5. The van der Waals surface area contributed by atoms with Crippen molar-refractivity contribution >= 4 is 28.3 Å². The van der Waals surface area contributed by atoms with E-state index in [0.717, 1.165) is 12.1 Å². The minimum Gasteiger partial charge on any atom is -0.491 e. The smallest absolute Gasteiger partial charge is 0.491 e. The van der Waals surface area contributed by atoms with Gasteiger partial charge in [-0.05, 0) is 24.3 Å². The summed E-state index contributed by atoms with van der Waals surface area (Å²) in [6, 6.07) is 8.17. The number of carbonyl (C=O) groups excluding carboxylic acids is 1. The number of nitrogen functional groups attached to an aromatic ring is 1. The molecule has 0 radical (unpaired) electrons. The maximum Gasteiger partial charge on any atom is 0.573 e. The molecule has 1 atom stereocenters. The van der Waals surface area contributed by atoms with Gasteiger partial charge in [-0.1, -0.05) is 0 Å². The molecule has 2 N–H and O–H groups in total. The van der Waals surface area contributed by atoms with E-state index in [9.17, 15) is 23.2 Å². The van der Waals surface area contributed by atoms with E-state index in [1.165, 1.54) is 36.6 Å². The molecule has 34 heavy (non-hydrogen) atoms. The van der Waals surface area contributed by atoms with Crippen molar-refractivity contribution in [1.29, 1.82) is 5.26 Å². The van der Waals surface area contributed by atoms with Crippen LogP contribution >= 0.6 is 0 Å². The van der Waals surface area contributed by atoms with Gasteiger partial charge in [0.2, 0.25) is 0 Å². The molecular weight excluding hydrogens is 453 g/mol. The highest BCUT2D eigenvalue weighted by atomic mass is 19.4. The summed E-state index contributed by atoms with van der Waals surface area (Å²) >= 11 is 0. The van der Waals surface area contributed by atoms with Crippen molar-refractivity contribution in [1.82, 2.24) is 19.3 Å². The average molecular weight is 468 g/mol. The van der Waals surface area contributed by atoms with Gasteiger partial charge in [-0.2, -0.15) is 5.26 Å². The Kier molecular flexibility index (Phi) is 4.71. The Hall–Kier alpha value is -4.53. The third kappa shape index (κ3) is 3.47. The molecule has 2 aromatic carbocycles. The van der Waals surface area contributed by atoms with E-state index in [0.29, 0.717) is 22.1 Å². The molecule has 0 unspecified atom stereocenters. The number of aromatic nitrogens is 3. The second-order valence-electron chi connectivity index (χ2n) is 7.63. The molecule has 0 aliphatic carbocycles. The van der Waals surface area contributed by atoms with E-state index >= 15 is 0 Å². The number of rotatable bonds is 3. The third-order valence-electron chi connectivity index (χ3n) is 5.63. The van der Waals surface area contributed by atoms with Gasteiger partial charge >= 0.3 is 6.36 Å². The SMILES string of the molecule is CN(C(=O)c1cc2c(cc1C#N)nc(N)c1cncn12)[C@@H]1COc2cc(OC(F)(F)F)ccc21. The lowest BCUT2D eigenvalue weighted by atomic mass is 10.0. The number of amides is 1. The first-order chi connectivity index (χ1) is 16.2. The number of imidazole rings is 1. The molecule has 4 aromatic rings. The van der Waals surface area contributed by atoms with Crippen LogP contribution in [-0.2, 0) is 0 Å². The van der Waals surface area contributed by atoms with Crippen molar-refractivity contribution in [2.24, 2.45) is 0 Å². The predicted molar refractivity (Wildman–Crippen MR) is 113 cm³/mol. The molecular formula is C22H15F3N6O3. The van der Waals surface area contributed by atoms with E-state index in [4.69, 9.17) is 10.5 Å². The summed E-state index contributed by atoms with van der Waals surface area (Å²) in [6.45, 7) is 0.0341. The van der Waals surface area contributed by atoms with Crippen LogP contribution in [0.2, 0.25) is 0 Å². The van der Waals surface area contributed by atoms with Crippen LogP contribution in [0.5, 0.6) is 11.5 Å². The van der Waals surface area contributed by atoms with Crippen molar-refractivity contribution in [2.45, 2.75) is 12.4 Å². The summed E-state index contributed by atoms with van der Waals surface area (Å²) in [5.74, 6) is -0.470. The Balaban J connectivity index is 1.51. The minimum absolute atomic E-state index is 0.0341. The summed E-state index contributed by atoms with van der Waals surface area (Å²) in [6.07, 6.45) is -1.76. The first kappa shape index (κ1) is 21.3. The van der Waals surface area contributed by atoms with Crippen molar-refractivity contribution in [2.75, 3.05) is 19.4 Å². The largest absolute Gasteiger partial charge is 0.573 e. The van der Waals surface area contributed by atoms with Crippen LogP contribution in [0.3, 0.4) is 0 Å². The zero-order valence-corrected chi connectivity index (χ0v) is 17.5. The molecule has 12 heteroatoms. The Morgan fingerprint density at radius 1 is 1.32 bits per heavy atom. The van der Waals surface area contributed by atoms with E-state index < -0.39 is 24.1 Å². The van der Waals surface area contributed by atoms with Gasteiger partial charge in [0.25, 0.3) is 5.91 Å². The molecule has 1 aliphatic heterocycles. The number of carbonyl (C=O) groups is 1. The van der Waals surface area contributed by atoms with Gasteiger partial charge in [0.1, 0.15) is 35.5 Å². The molecule has 3 heterocycles. The first-order valence-corrected chi connectivity index (χ1v) is 9.91. The molecule has 0 bridgehead atoms. The average Bonchev–Trinajstić information content (AvgIpc) is 3.44. The zero-order chi connectivity index (χ0) is 24.2. The molecule has 9 nitrogen and oxygen atoms in total. The normalized spacial score (nSPS) is 15.1. The second-order valence-corrected chi connectivity index (χ2v) is 7.63. The number of hydrogen-bond donors (Lipinski definition) is 1. The highest BCUT2D eigenvalue weighted by Crippen LogP contribution is 2.39. The topological polar surface area (TPSA) is 119 Å². The van der Waals surface area contributed by atoms with E-state index in [-0.39, 0.29) is 29.3 Å². The lowest BCUT2D eigenvalue weighted by molar-refractivity contribution is -0.274. The number of hydrogen-bond acceptors (Lipinski definition) is 7. The van der Waals surface area contributed by atoms with Crippen LogP contribution < -0.4 is 15.2 Å². The van der Waals surface area contributed by atoms with Crippen LogP contribution in [-0.4, -0.2) is 45.2 Å². The molecule has 1 aliphatic rings. The van der Waals surface area contributed by atoms with Crippen LogP contribution in [0.15, 0.2) is 42.9 Å². The van der Waals surface area contributed by atoms with E-state index in [2.05, 4.69) is 14.7 Å². The second kappa shape index (κ2) is 7.51. The molecule has 0 saturated carbocycles. The summed E-state index contributed by atoms with van der Waals surface area (Å²) in [5.41, 5.74) is 8.23. The molecule has 0 spiro atoms. The third-order valence-corrected chi connectivity index (χ3v) is 5.63. The van der Waals surface area contributed by atoms with Crippen LogP contribution in [0, 0.1) is 11.3 Å². The summed E-state index contributed by atoms with van der Waals surface area (Å²) in [4.78, 5) is 23.2. The Bertz CT molecular complexity index is 1510. The fraction of sp³-hybridized carbons (Fsp3) is 0.182. The lowest BCUT2D eigenvalue weighted by Gasteiger charge is -2.24. The Labute approximate surface area is 189 Å². The maximum absolute atomic E-state index is 13.4. The summed E-state index contributed by atoms with van der Waals surface area (Å²) in [5, 5.41) is 9.67. The number of alkyl halides is 3. The molecule has 5 rings (SSSR count). The fourth-order valence-electron chi connectivity index (χ4n) is 4.01. The van der Waals surface area contributed by atoms with Gasteiger partial charge in [0, 0.05) is 18.7 Å². The van der Waals surface area contributed by atoms with Crippen molar-refractivity contribution in [3.63, 3.8) is 0 Å². The number of likely N-dealkylation sites (N-methyl/N-ethyl adjacent to an activating group) is 1. The number of benzene rings is 2. The van der Waals surface area contributed by atoms with E-state index in [1.807, 2.05) is 6.07 Å². The van der Waals surface area contributed by atoms with Gasteiger partial charge in [0.05, 0.1) is 40.7 Å². The number of ether oxygens (including phenoxy) is 2. The monoisotopic (exact) mass is 468 g/mol. The maximum atomic E-state index is 13.4. The Morgan fingerprint density at radius 3 is 2.85 bits per heavy atom. The highest BCUT2D eigenvalue weighted by molar-refractivity contribution is 6.01. The van der Waals surface area contributed by atoms with Gasteiger partial charge in [-0.15, -0.1) is 13.2 Å². The van der Waals surface area contributed by atoms with Gasteiger partial charge in [-0.25, -0.2) is 9.97 Å². The highest BCUT2D eigenvalue weighted by Gasteiger charge is 2.35. The quantitative estimate of drug-likeness (QED) is 0.489. The number of fused-ring (bicyclic) bond motifs is 4. The van der Waals surface area contributed by atoms with Crippen molar-refractivity contribution < 1.29 is 27.4 Å². The predicted octanol–water partition coefficient (Wildman–Crippen LogP) is 3.44. The molecule has 0 fully saturated rings. The van der Waals surface area contributed by atoms with Crippen LogP contribution in [0.1, 0.15) is 27.5 Å². The van der Waals surface area contributed by atoms with Gasteiger partial charge in [-0.3, -0.25) is 9.20 Å². The number of nitrogens with zero attached hydrogens (tertiary/aromatic N) is 5. The van der Waals surface area contributed by atoms with E-state index in [1.54, 1.807) is 10.5 Å².